The van der Waals surface area contributed by atoms with Crippen molar-refractivity contribution in [2.45, 2.75) is 95.4 Å². The van der Waals surface area contributed by atoms with Crippen molar-refractivity contribution in [3.8, 4) is 35.4 Å². The number of hydrogen-bond donors (Lipinski definition) is 1. The first kappa shape index (κ1) is 35.6. The van der Waals surface area contributed by atoms with Crippen LogP contribution in [0.25, 0.3) is 32.9 Å². The summed E-state index contributed by atoms with van der Waals surface area (Å²) in [5.74, 6) is 1.02. The molecule has 278 valence electrons. The summed E-state index contributed by atoms with van der Waals surface area (Å²) in [6.45, 7) is 6.72. The van der Waals surface area contributed by atoms with Gasteiger partial charge in [-0.3, -0.25) is 14.7 Å². The number of esters is 1. The monoisotopic (exact) mass is 726 g/mol. The second kappa shape index (κ2) is 14.4. The molecular formula is C41H45F3N6O3. The fourth-order valence-electron chi connectivity index (χ4n) is 9.07. The van der Waals surface area contributed by atoms with Crippen molar-refractivity contribution in [2.75, 3.05) is 37.7 Å². The lowest BCUT2D eigenvalue weighted by molar-refractivity contribution is -0.139. The van der Waals surface area contributed by atoms with Gasteiger partial charge in [-0.1, -0.05) is 38.7 Å². The summed E-state index contributed by atoms with van der Waals surface area (Å²) in [6.07, 6.45) is 13.8. The van der Waals surface area contributed by atoms with Gasteiger partial charge in [0.25, 0.3) is 0 Å². The van der Waals surface area contributed by atoms with E-state index in [-0.39, 0.29) is 70.1 Å². The number of unbranched alkanes of at least 4 members (excludes halogenated alkanes) is 1. The third kappa shape index (κ3) is 6.56. The number of hydrogen-bond acceptors (Lipinski definition) is 9. The van der Waals surface area contributed by atoms with Crippen LogP contribution in [0.2, 0.25) is 0 Å². The number of anilines is 1. The van der Waals surface area contributed by atoms with Crippen LogP contribution in [0, 0.1) is 29.9 Å². The maximum Gasteiger partial charge on any atom is 0.319 e. The van der Waals surface area contributed by atoms with Crippen molar-refractivity contribution < 1.29 is 27.4 Å². The first-order chi connectivity index (χ1) is 25.7. The molecule has 2 bridgehead atoms. The highest BCUT2D eigenvalue weighted by Gasteiger charge is 2.49. The van der Waals surface area contributed by atoms with Crippen LogP contribution in [-0.2, 0) is 4.79 Å². The standard InChI is InChI=1S/C41H45F3N6O3/c1-4-7-9-24(5-2)39(51)53-29-16-25-10-13-33(43)30(6-3)34(25)31(17-29)36-35(44)37-32(19-45-36)38(49-21-27-11-12-28(22-49)46-27)48-40(47-37)52-23-41-14-8-15-50(41)20-26(42)18-41/h3,10,13,16-17,19,24,26-28,46H,4-5,7-9,11-12,14-15,18,20-23H2,1-2H3/t24?,26-,27?,28?,41+/m1/s1. The van der Waals surface area contributed by atoms with E-state index in [2.05, 4.69) is 37.9 Å². The van der Waals surface area contributed by atoms with Gasteiger partial charge in [-0.2, -0.15) is 9.97 Å². The Morgan fingerprint density at radius 3 is 2.72 bits per heavy atom. The number of benzene rings is 2. The van der Waals surface area contributed by atoms with Gasteiger partial charge < -0.3 is 19.7 Å². The molecule has 8 rings (SSSR count). The Balaban J connectivity index is 1.25. The van der Waals surface area contributed by atoms with Gasteiger partial charge in [0.05, 0.1) is 22.4 Å². The van der Waals surface area contributed by atoms with E-state index in [0.29, 0.717) is 55.5 Å². The first-order valence-corrected chi connectivity index (χ1v) is 19.0. The van der Waals surface area contributed by atoms with Crippen LogP contribution < -0.4 is 19.7 Å². The van der Waals surface area contributed by atoms with Crippen LogP contribution in [0.4, 0.5) is 19.0 Å². The minimum atomic E-state index is -0.929. The van der Waals surface area contributed by atoms with E-state index >= 15 is 8.78 Å². The third-order valence-corrected chi connectivity index (χ3v) is 11.8. The average Bonchev–Trinajstić information content (AvgIpc) is 3.80. The maximum atomic E-state index is 17.3. The predicted octanol–water partition coefficient (Wildman–Crippen LogP) is 7.12. The molecule has 12 heteroatoms. The zero-order valence-electron chi connectivity index (χ0n) is 30.3. The Hall–Kier alpha value is -4.47. The van der Waals surface area contributed by atoms with Gasteiger partial charge in [-0.25, -0.2) is 13.2 Å². The highest BCUT2D eigenvalue weighted by atomic mass is 19.1. The minimum absolute atomic E-state index is 0.00135. The second-order valence-corrected chi connectivity index (χ2v) is 15.2. The number of nitrogens with one attached hydrogen (secondary N) is 1. The molecular weight excluding hydrogens is 681 g/mol. The number of terminal acetylenes is 1. The Bertz CT molecular complexity index is 2100. The number of fused-ring (bicyclic) bond motifs is 5. The zero-order valence-corrected chi connectivity index (χ0v) is 30.3. The number of nitrogens with zero attached hydrogens (tertiary/aromatic N) is 5. The molecule has 4 aliphatic rings. The number of rotatable bonds is 11. The lowest BCUT2D eigenvalue weighted by Gasteiger charge is -2.34. The largest absolute Gasteiger partial charge is 0.461 e. The summed E-state index contributed by atoms with van der Waals surface area (Å²) in [5.41, 5.74) is -0.488. The van der Waals surface area contributed by atoms with Crippen molar-refractivity contribution in [1.29, 1.82) is 0 Å². The number of halogens is 3. The lowest BCUT2D eigenvalue weighted by Crippen LogP contribution is -2.51. The summed E-state index contributed by atoms with van der Waals surface area (Å²) < 4.78 is 59.3. The molecule has 4 aliphatic heterocycles. The Morgan fingerprint density at radius 2 is 1.96 bits per heavy atom. The Labute approximate surface area is 307 Å². The molecule has 4 fully saturated rings. The van der Waals surface area contributed by atoms with Crippen LogP contribution in [0.3, 0.4) is 0 Å². The van der Waals surface area contributed by atoms with E-state index in [4.69, 9.17) is 20.9 Å². The summed E-state index contributed by atoms with van der Waals surface area (Å²) in [4.78, 5) is 31.7. The van der Waals surface area contributed by atoms with E-state index in [1.807, 2.05) is 6.92 Å². The van der Waals surface area contributed by atoms with Crippen LogP contribution in [0.5, 0.6) is 11.8 Å². The quantitative estimate of drug-likeness (QED) is 0.0986. The highest BCUT2D eigenvalue weighted by molar-refractivity contribution is 6.03. The lowest BCUT2D eigenvalue weighted by atomic mass is 9.95. The normalized spacial score (nSPS) is 24.5. The van der Waals surface area contributed by atoms with Crippen molar-refractivity contribution in [3.05, 3.63) is 47.7 Å². The molecule has 0 aliphatic carbocycles. The number of carbonyl (C=O) groups is 1. The molecule has 5 atom stereocenters. The Morgan fingerprint density at radius 1 is 1.15 bits per heavy atom. The highest BCUT2D eigenvalue weighted by Crippen LogP contribution is 2.42. The molecule has 0 saturated carbocycles. The average molecular weight is 727 g/mol. The molecule has 0 amide bonds. The van der Waals surface area contributed by atoms with E-state index < -0.39 is 23.3 Å². The van der Waals surface area contributed by atoms with Crippen LogP contribution in [0.15, 0.2) is 30.5 Å². The third-order valence-electron chi connectivity index (χ3n) is 11.8. The van der Waals surface area contributed by atoms with Gasteiger partial charge >= 0.3 is 12.0 Å². The molecule has 4 aromatic rings. The number of aromatic nitrogens is 3. The molecule has 0 spiro atoms. The van der Waals surface area contributed by atoms with E-state index in [0.717, 1.165) is 45.1 Å². The summed E-state index contributed by atoms with van der Waals surface area (Å²) >= 11 is 0. The minimum Gasteiger partial charge on any atom is -0.461 e. The predicted molar refractivity (Wildman–Crippen MR) is 198 cm³/mol. The number of alkyl halides is 1. The number of pyridine rings is 1. The smallest absolute Gasteiger partial charge is 0.319 e. The molecule has 2 aromatic carbocycles. The molecule has 0 radical (unpaired) electrons. The summed E-state index contributed by atoms with van der Waals surface area (Å²) in [5, 5.41) is 4.77. The summed E-state index contributed by atoms with van der Waals surface area (Å²) in [7, 11) is 0. The molecule has 4 saturated heterocycles. The van der Waals surface area contributed by atoms with E-state index in [1.165, 1.54) is 24.4 Å². The number of carbonyl (C=O) groups excluding carboxylic acids is 1. The fourth-order valence-corrected chi connectivity index (χ4v) is 9.07. The van der Waals surface area contributed by atoms with Gasteiger partial charge in [0, 0.05) is 55.3 Å². The van der Waals surface area contributed by atoms with Gasteiger partial charge in [0.2, 0.25) is 0 Å². The molecule has 53 heavy (non-hydrogen) atoms. The van der Waals surface area contributed by atoms with Crippen LogP contribution >= 0.6 is 0 Å². The van der Waals surface area contributed by atoms with Crippen molar-refractivity contribution >= 4 is 33.5 Å². The molecule has 3 unspecified atom stereocenters. The second-order valence-electron chi connectivity index (χ2n) is 15.2. The van der Waals surface area contributed by atoms with Crippen LogP contribution in [-0.4, -0.2) is 82.4 Å². The molecule has 6 heterocycles. The van der Waals surface area contributed by atoms with Crippen molar-refractivity contribution in [1.82, 2.24) is 25.2 Å². The topological polar surface area (TPSA) is 92.7 Å². The van der Waals surface area contributed by atoms with Crippen molar-refractivity contribution in [2.24, 2.45) is 5.92 Å². The Kier molecular flexibility index (Phi) is 9.66. The van der Waals surface area contributed by atoms with Crippen LogP contribution in [0.1, 0.15) is 77.2 Å². The maximum absolute atomic E-state index is 17.3. The SMILES string of the molecule is C#Cc1c(F)ccc2cc(OC(=O)C(CC)CCCC)cc(-c3ncc4c(N5CC6CCC(C5)N6)nc(OC[C@@]56CCCN5C[C@H](F)C6)nc4c3F)c12. The van der Waals surface area contributed by atoms with Gasteiger partial charge in [-0.15, -0.1) is 6.42 Å². The van der Waals surface area contributed by atoms with E-state index in [1.54, 1.807) is 6.07 Å². The van der Waals surface area contributed by atoms with Gasteiger partial charge in [0.15, 0.2) is 5.82 Å². The molecule has 1 N–H and O–H groups in total. The van der Waals surface area contributed by atoms with Crippen molar-refractivity contribution in [3.63, 3.8) is 0 Å². The number of piperazine rings is 1. The first-order valence-electron chi connectivity index (χ1n) is 19.0. The fraction of sp³-hybridized carbons (Fsp3) is 0.512. The molecule has 9 nitrogen and oxygen atoms in total. The van der Waals surface area contributed by atoms with Gasteiger partial charge in [-0.05, 0) is 68.7 Å². The number of ether oxygens (including phenoxy) is 2. The zero-order chi connectivity index (χ0) is 36.9. The summed E-state index contributed by atoms with van der Waals surface area (Å²) in [6, 6.07) is 6.43. The van der Waals surface area contributed by atoms with Gasteiger partial charge in [0.1, 0.15) is 41.4 Å². The van der Waals surface area contributed by atoms with E-state index in [9.17, 15) is 9.18 Å². The molecule has 2 aromatic heterocycles.